The zero-order valence-corrected chi connectivity index (χ0v) is 10.7. The molecule has 0 saturated carbocycles. The molecular formula is C13H21FN2O. The third-order valence-electron chi connectivity index (χ3n) is 2.47. The fraction of sp³-hybridized carbons (Fsp3) is 0.538. The Morgan fingerprint density at radius 1 is 1.41 bits per heavy atom. The van der Waals surface area contributed by atoms with Gasteiger partial charge in [-0.05, 0) is 45.6 Å². The predicted octanol–water partition coefficient (Wildman–Crippen LogP) is 2.18. The minimum atomic E-state index is -0.280. The molecule has 1 atom stereocenters. The van der Waals surface area contributed by atoms with Gasteiger partial charge in [-0.3, -0.25) is 0 Å². The second-order valence-corrected chi connectivity index (χ2v) is 4.48. The summed E-state index contributed by atoms with van der Waals surface area (Å²) in [7, 11) is 4.04. The fourth-order valence-corrected chi connectivity index (χ4v) is 1.57. The van der Waals surface area contributed by atoms with Crippen LogP contribution < -0.4 is 10.5 Å². The van der Waals surface area contributed by atoms with Gasteiger partial charge in [-0.1, -0.05) is 0 Å². The molecule has 1 rings (SSSR count). The van der Waals surface area contributed by atoms with E-state index in [-0.39, 0.29) is 11.9 Å². The lowest BCUT2D eigenvalue weighted by atomic mass is 10.1. The minimum absolute atomic E-state index is 0.227. The van der Waals surface area contributed by atoms with E-state index in [9.17, 15) is 4.39 Å². The van der Waals surface area contributed by atoms with Gasteiger partial charge in [0.2, 0.25) is 0 Å². The maximum atomic E-state index is 13.1. The Hall–Kier alpha value is -1.13. The monoisotopic (exact) mass is 240 g/mol. The van der Waals surface area contributed by atoms with Crippen molar-refractivity contribution in [2.45, 2.75) is 19.4 Å². The first-order chi connectivity index (χ1) is 8.00. The zero-order valence-electron chi connectivity index (χ0n) is 10.7. The molecule has 0 aliphatic carbocycles. The van der Waals surface area contributed by atoms with Gasteiger partial charge in [-0.2, -0.15) is 0 Å². The molecule has 1 aromatic carbocycles. The molecule has 2 N–H and O–H groups in total. The van der Waals surface area contributed by atoms with Crippen LogP contribution in [-0.2, 0) is 0 Å². The van der Waals surface area contributed by atoms with E-state index in [1.165, 1.54) is 12.1 Å². The second kappa shape index (κ2) is 6.57. The van der Waals surface area contributed by atoms with Crippen LogP contribution in [0.15, 0.2) is 18.2 Å². The van der Waals surface area contributed by atoms with Crippen LogP contribution in [0.5, 0.6) is 5.75 Å². The number of halogens is 1. The molecule has 0 aliphatic rings. The maximum Gasteiger partial charge on any atom is 0.124 e. The Bertz CT molecular complexity index is 353. The van der Waals surface area contributed by atoms with E-state index in [0.29, 0.717) is 12.4 Å². The third-order valence-corrected chi connectivity index (χ3v) is 2.47. The summed E-state index contributed by atoms with van der Waals surface area (Å²) in [4.78, 5) is 2.10. The molecule has 0 aromatic heterocycles. The number of hydrogen-bond donors (Lipinski definition) is 1. The molecule has 0 amide bonds. The Kier molecular flexibility index (Phi) is 5.38. The SMILES string of the molecule is C[C@@H](N)c1cc(F)ccc1OCCCN(C)C. The van der Waals surface area contributed by atoms with Crippen LogP contribution in [0.25, 0.3) is 0 Å². The highest BCUT2D eigenvalue weighted by atomic mass is 19.1. The molecule has 96 valence electrons. The third kappa shape index (κ3) is 4.71. The van der Waals surface area contributed by atoms with Gasteiger partial charge in [0.1, 0.15) is 11.6 Å². The average molecular weight is 240 g/mol. The largest absolute Gasteiger partial charge is 0.493 e. The number of rotatable bonds is 6. The molecule has 0 unspecified atom stereocenters. The van der Waals surface area contributed by atoms with Crippen LogP contribution in [0.1, 0.15) is 24.9 Å². The molecule has 0 fully saturated rings. The number of hydrogen-bond acceptors (Lipinski definition) is 3. The molecular weight excluding hydrogens is 219 g/mol. The summed E-state index contributed by atoms with van der Waals surface area (Å²) in [5.41, 5.74) is 6.50. The van der Waals surface area contributed by atoms with Crippen molar-refractivity contribution in [3.05, 3.63) is 29.6 Å². The Morgan fingerprint density at radius 2 is 2.12 bits per heavy atom. The van der Waals surface area contributed by atoms with Gasteiger partial charge in [0.25, 0.3) is 0 Å². The molecule has 1 aromatic rings. The van der Waals surface area contributed by atoms with Crippen LogP contribution in [0, 0.1) is 5.82 Å². The Morgan fingerprint density at radius 3 is 2.71 bits per heavy atom. The number of ether oxygens (including phenoxy) is 1. The van der Waals surface area contributed by atoms with Gasteiger partial charge >= 0.3 is 0 Å². The average Bonchev–Trinajstić information content (AvgIpc) is 2.25. The van der Waals surface area contributed by atoms with Gasteiger partial charge in [-0.25, -0.2) is 4.39 Å². The zero-order chi connectivity index (χ0) is 12.8. The normalized spacial score (nSPS) is 12.8. The van der Waals surface area contributed by atoms with Crippen molar-refractivity contribution in [3.63, 3.8) is 0 Å². The van der Waals surface area contributed by atoms with Crippen LogP contribution in [0.3, 0.4) is 0 Å². The van der Waals surface area contributed by atoms with E-state index in [1.807, 2.05) is 21.0 Å². The van der Waals surface area contributed by atoms with Gasteiger partial charge in [-0.15, -0.1) is 0 Å². The van der Waals surface area contributed by atoms with E-state index in [1.54, 1.807) is 6.07 Å². The molecule has 4 heteroatoms. The van der Waals surface area contributed by atoms with Crippen molar-refractivity contribution in [2.24, 2.45) is 5.73 Å². The quantitative estimate of drug-likeness (QED) is 0.774. The van der Waals surface area contributed by atoms with E-state index < -0.39 is 0 Å². The molecule has 0 heterocycles. The smallest absolute Gasteiger partial charge is 0.124 e. The minimum Gasteiger partial charge on any atom is -0.493 e. The molecule has 0 radical (unpaired) electrons. The second-order valence-electron chi connectivity index (χ2n) is 4.48. The molecule has 0 aliphatic heterocycles. The Labute approximate surface area is 102 Å². The first-order valence-electron chi connectivity index (χ1n) is 5.83. The van der Waals surface area contributed by atoms with Crippen molar-refractivity contribution in [3.8, 4) is 5.75 Å². The lowest BCUT2D eigenvalue weighted by Crippen LogP contribution is -2.16. The van der Waals surface area contributed by atoms with Crippen molar-refractivity contribution in [1.29, 1.82) is 0 Å². The van der Waals surface area contributed by atoms with Crippen LogP contribution >= 0.6 is 0 Å². The van der Waals surface area contributed by atoms with Crippen LogP contribution in [0.4, 0.5) is 4.39 Å². The highest BCUT2D eigenvalue weighted by Crippen LogP contribution is 2.24. The first kappa shape index (κ1) is 13.9. The van der Waals surface area contributed by atoms with Crippen molar-refractivity contribution in [2.75, 3.05) is 27.2 Å². The topological polar surface area (TPSA) is 38.5 Å². The lowest BCUT2D eigenvalue weighted by Gasteiger charge is -2.15. The van der Waals surface area contributed by atoms with E-state index in [4.69, 9.17) is 10.5 Å². The standard InChI is InChI=1S/C13H21FN2O/c1-10(15)12-9-11(14)5-6-13(12)17-8-4-7-16(2)3/h5-6,9-10H,4,7-8,15H2,1-3H3/t10-/m1/s1. The fourth-order valence-electron chi connectivity index (χ4n) is 1.57. The maximum absolute atomic E-state index is 13.1. The summed E-state index contributed by atoms with van der Waals surface area (Å²) in [5.74, 6) is 0.401. The molecule has 17 heavy (non-hydrogen) atoms. The van der Waals surface area contributed by atoms with Gasteiger partial charge in [0.15, 0.2) is 0 Å². The Balaban J connectivity index is 2.58. The predicted molar refractivity (Wildman–Crippen MR) is 67.7 cm³/mol. The summed E-state index contributed by atoms with van der Waals surface area (Å²) in [6.07, 6.45) is 0.933. The highest BCUT2D eigenvalue weighted by Gasteiger charge is 2.09. The summed E-state index contributed by atoms with van der Waals surface area (Å²) < 4.78 is 18.7. The van der Waals surface area contributed by atoms with Crippen LogP contribution in [0.2, 0.25) is 0 Å². The molecule has 0 saturated heterocycles. The lowest BCUT2D eigenvalue weighted by molar-refractivity contribution is 0.278. The van der Waals surface area contributed by atoms with Gasteiger partial charge in [0.05, 0.1) is 6.61 Å². The number of nitrogens with two attached hydrogens (primary N) is 1. The summed E-state index contributed by atoms with van der Waals surface area (Å²) in [6.45, 7) is 3.40. The van der Waals surface area contributed by atoms with Crippen molar-refractivity contribution < 1.29 is 9.13 Å². The van der Waals surface area contributed by atoms with Crippen molar-refractivity contribution in [1.82, 2.24) is 4.90 Å². The highest BCUT2D eigenvalue weighted by molar-refractivity contribution is 5.36. The van der Waals surface area contributed by atoms with Crippen LogP contribution in [-0.4, -0.2) is 32.1 Å². The van der Waals surface area contributed by atoms with E-state index >= 15 is 0 Å². The summed E-state index contributed by atoms with van der Waals surface area (Å²) >= 11 is 0. The molecule has 3 nitrogen and oxygen atoms in total. The molecule has 0 bridgehead atoms. The van der Waals surface area contributed by atoms with E-state index in [0.717, 1.165) is 18.5 Å². The van der Waals surface area contributed by atoms with Gasteiger partial charge < -0.3 is 15.4 Å². The van der Waals surface area contributed by atoms with Crippen molar-refractivity contribution >= 4 is 0 Å². The van der Waals surface area contributed by atoms with E-state index in [2.05, 4.69) is 4.90 Å². The number of nitrogens with zero attached hydrogens (tertiary/aromatic N) is 1. The summed E-state index contributed by atoms with van der Waals surface area (Å²) in [6, 6.07) is 4.25. The van der Waals surface area contributed by atoms with Gasteiger partial charge in [0, 0.05) is 18.2 Å². The summed E-state index contributed by atoms with van der Waals surface area (Å²) in [5, 5.41) is 0. The molecule has 0 spiro atoms. The first-order valence-corrected chi connectivity index (χ1v) is 5.83. The number of benzene rings is 1.